The molecule has 1 aliphatic carbocycles. The third-order valence-electron chi connectivity index (χ3n) is 4.65. The maximum absolute atomic E-state index is 12.6. The molecule has 0 unspecified atom stereocenters. The van der Waals surface area contributed by atoms with Crippen LogP contribution < -0.4 is 5.32 Å². The molecule has 3 rings (SSSR count). The monoisotopic (exact) mass is 307 g/mol. The molecule has 1 saturated carbocycles. The van der Waals surface area contributed by atoms with Gasteiger partial charge in [-0.3, -0.25) is 9.89 Å². The SMILES string of the molecule is CCO[C@H]1COC[C@@H]1NC(=O)c1cn[nH]c1C1CCCCC1. The Morgan fingerprint density at radius 1 is 1.41 bits per heavy atom. The van der Waals surface area contributed by atoms with E-state index in [1.54, 1.807) is 6.20 Å². The van der Waals surface area contributed by atoms with Crippen LogP contribution in [0, 0.1) is 0 Å². The summed E-state index contributed by atoms with van der Waals surface area (Å²) in [5, 5.41) is 10.2. The van der Waals surface area contributed by atoms with Gasteiger partial charge in [-0.05, 0) is 19.8 Å². The molecule has 1 aromatic rings. The Hall–Kier alpha value is -1.40. The van der Waals surface area contributed by atoms with E-state index in [0.29, 0.717) is 31.3 Å². The van der Waals surface area contributed by atoms with Crippen LogP contribution in [0.1, 0.15) is 61.0 Å². The molecule has 6 nitrogen and oxygen atoms in total. The number of H-pyrrole nitrogens is 1. The van der Waals surface area contributed by atoms with Crippen molar-refractivity contribution in [1.29, 1.82) is 0 Å². The lowest BCUT2D eigenvalue weighted by Gasteiger charge is -2.22. The molecule has 1 saturated heterocycles. The van der Waals surface area contributed by atoms with Crippen molar-refractivity contribution in [2.45, 2.75) is 57.1 Å². The van der Waals surface area contributed by atoms with Crippen molar-refractivity contribution in [2.24, 2.45) is 0 Å². The second-order valence-corrected chi connectivity index (χ2v) is 6.14. The molecule has 0 aromatic carbocycles. The number of ether oxygens (including phenoxy) is 2. The minimum Gasteiger partial charge on any atom is -0.376 e. The molecule has 2 aliphatic rings. The third kappa shape index (κ3) is 3.33. The number of amides is 1. The topological polar surface area (TPSA) is 76.2 Å². The number of carbonyl (C=O) groups is 1. The van der Waals surface area contributed by atoms with Crippen molar-refractivity contribution < 1.29 is 14.3 Å². The molecule has 2 fully saturated rings. The van der Waals surface area contributed by atoms with Crippen LogP contribution in [0.3, 0.4) is 0 Å². The molecule has 2 heterocycles. The van der Waals surface area contributed by atoms with E-state index in [-0.39, 0.29) is 18.1 Å². The molecule has 0 bridgehead atoms. The van der Waals surface area contributed by atoms with Gasteiger partial charge in [-0.15, -0.1) is 0 Å². The Balaban J connectivity index is 1.66. The summed E-state index contributed by atoms with van der Waals surface area (Å²) >= 11 is 0. The fraction of sp³-hybridized carbons (Fsp3) is 0.750. The molecule has 22 heavy (non-hydrogen) atoms. The van der Waals surface area contributed by atoms with Gasteiger partial charge in [0, 0.05) is 12.5 Å². The van der Waals surface area contributed by atoms with Gasteiger partial charge < -0.3 is 14.8 Å². The van der Waals surface area contributed by atoms with Crippen molar-refractivity contribution in [3.8, 4) is 0 Å². The first kappa shape index (κ1) is 15.5. The van der Waals surface area contributed by atoms with Crippen LogP contribution in [0.4, 0.5) is 0 Å². The predicted octanol–water partition coefficient (Wildman–Crippen LogP) is 1.99. The first-order chi connectivity index (χ1) is 10.8. The molecule has 2 atom stereocenters. The normalized spacial score (nSPS) is 26.2. The highest BCUT2D eigenvalue weighted by Gasteiger charge is 2.32. The Kier molecular flexibility index (Phi) is 5.10. The number of hydrogen-bond donors (Lipinski definition) is 2. The summed E-state index contributed by atoms with van der Waals surface area (Å²) in [5.41, 5.74) is 1.66. The maximum atomic E-state index is 12.6. The molecule has 1 aromatic heterocycles. The Labute approximate surface area is 130 Å². The van der Waals surface area contributed by atoms with Crippen LogP contribution in [0.2, 0.25) is 0 Å². The van der Waals surface area contributed by atoms with E-state index < -0.39 is 0 Å². The van der Waals surface area contributed by atoms with E-state index in [1.807, 2.05) is 6.92 Å². The van der Waals surface area contributed by atoms with Crippen molar-refractivity contribution in [1.82, 2.24) is 15.5 Å². The number of hydrogen-bond acceptors (Lipinski definition) is 4. The average Bonchev–Trinajstić information content (AvgIpc) is 3.18. The van der Waals surface area contributed by atoms with Crippen molar-refractivity contribution in [2.75, 3.05) is 19.8 Å². The minimum atomic E-state index is -0.0819. The average molecular weight is 307 g/mol. The summed E-state index contributed by atoms with van der Waals surface area (Å²) in [6, 6.07) is -0.0819. The fourth-order valence-electron chi connectivity index (χ4n) is 3.47. The standard InChI is InChI=1S/C16H25N3O3/c1-2-22-14-10-21-9-13(14)18-16(20)12-8-17-19-15(12)11-6-4-3-5-7-11/h8,11,13-14H,2-7,9-10H2,1H3,(H,17,19)(H,18,20)/t13-,14-/m0/s1. The maximum Gasteiger partial charge on any atom is 0.255 e. The summed E-state index contributed by atoms with van der Waals surface area (Å²) in [6.45, 7) is 3.63. The molecule has 6 heteroatoms. The number of aromatic amines is 1. The van der Waals surface area contributed by atoms with E-state index in [2.05, 4.69) is 15.5 Å². The lowest BCUT2D eigenvalue weighted by Crippen LogP contribution is -2.44. The number of nitrogens with one attached hydrogen (secondary N) is 2. The van der Waals surface area contributed by atoms with E-state index >= 15 is 0 Å². The van der Waals surface area contributed by atoms with Crippen molar-refractivity contribution in [3.63, 3.8) is 0 Å². The zero-order valence-electron chi connectivity index (χ0n) is 13.1. The van der Waals surface area contributed by atoms with Crippen molar-refractivity contribution >= 4 is 5.91 Å². The van der Waals surface area contributed by atoms with Gasteiger partial charge in [-0.1, -0.05) is 19.3 Å². The lowest BCUT2D eigenvalue weighted by atomic mass is 9.85. The number of nitrogens with zero attached hydrogens (tertiary/aromatic N) is 1. The molecule has 0 radical (unpaired) electrons. The Morgan fingerprint density at radius 3 is 3.00 bits per heavy atom. The van der Waals surface area contributed by atoms with Crippen LogP contribution >= 0.6 is 0 Å². The van der Waals surface area contributed by atoms with Crippen LogP contribution in [0.15, 0.2) is 6.20 Å². The number of aromatic nitrogens is 2. The Bertz CT molecular complexity index is 497. The fourth-order valence-corrected chi connectivity index (χ4v) is 3.47. The second kappa shape index (κ2) is 7.24. The van der Waals surface area contributed by atoms with E-state index in [4.69, 9.17) is 9.47 Å². The Morgan fingerprint density at radius 2 is 2.23 bits per heavy atom. The largest absolute Gasteiger partial charge is 0.376 e. The first-order valence-electron chi connectivity index (χ1n) is 8.33. The number of carbonyl (C=O) groups excluding carboxylic acids is 1. The smallest absolute Gasteiger partial charge is 0.255 e. The third-order valence-corrected chi connectivity index (χ3v) is 4.65. The molecule has 122 valence electrons. The summed E-state index contributed by atoms with van der Waals surface area (Å²) in [6.07, 6.45) is 7.61. The molecular formula is C16H25N3O3. The molecule has 1 amide bonds. The zero-order chi connectivity index (χ0) is 15.4. The summed E-state index contributed by atoms with van der Waals surface area (Å²) in [4.78, 5) is 12.6. The number of rotatable bonds is 5. The van der Waals surface area contributed by atoms with Gasteiger partial charge in [0.1, 0.15) is 6.10 Å². The van der Waals surface area contributed by atoms with E-state index in [9.17, 15) is 4.79 Å². The molecule has 2 N–H and O–H groups in total. The zero-order valence-corrected chi connectivity index (χ0v) is 13.1. The highest BCUT2D eigenvalue weighted by atomic mass is 16.5. The van der Waals surface area contributed by atoms with Gasteiger partial charge >= 0.3 is 0 Å². The molecule has 1 aliphatic heterocycles. The van der Waals surface area contributed by atoms with Gasteiger partial charge in [0.05, 0.1) is 36.7 Å². The highest BCUT2D eigenvalue weighted by molar-refractivity contribution is 5.95. The van der Waals surface area contributed by atoms with Crippen LogP contribution in [-0.4, -0.2) is 48.1 Å². The summed E-state index contributed by atoms with van der Waals surface area (Å²) in [5.74, 6) is 0.356. The van der Waals surface area contributed by atoms with Gasteiger partial charge in [-0.2, -0.15) is 5.10 Å². The van der Waals surface area contributed by atoms with Crippen LogP contribution in [0.25, 0.3) is 0 Å². The lowest BCUT2D eigenvalue weighted by molar-refractivity contribution is 0.0402. The summed E-state index contributed by atoms with van der Waals surface area (Å²) < 4.78 is 11.0. The van der Waals surface area contributed by atoms with Gasteiger partial charge in [0.15, 0.2) is 0 Å². The van der Waals surface area contributed by atoms with E-state index in [1.165, 1.54) is 19.3 Å². The first-order valence-corrected chi connectivity index (χ1v) is 8.33. The second-order valence-electron chi connectivity index (χ2n) is 6.14. The van der Waals surface area contributed by atoms with E-state index in [0.717, 1.165) is 18.5 Å². The molecular weight excluding hydrogens is 282 g/mol. The van der Waals surface area contributed by atoms with Crippen LogP contribution in [-0.2, 0) is 9.47 Å². The minimum absolute atomic E-state index is 0.0565. The summed E-state index contributed by atoms with van der Waals surface area (Å²) in [7, 11) is 0. The van der Waals surface area contributed by atoms with Crippen molar-refractivity contribution in [3.05, 3.63) is 17.5 Å². The predicted molar refractivity (Wildman–Crippen MR) is 81.9 cm³/mol. The van der Waals surface area contributed by atoms with Gasteiger partial charge in [0.2, 0.25) is 0 Å². The molecule has 0 spiro atoms. The van der Waals surface area contributed by atoms with Gasteiger partial charge in [-0.25, -0.2) is 0 Å². The quantitative estimate of drug-likeness (QED) is 0.872. The highest BCUT2D eigenvalue weighted by Crippen LogP contribution is 2.33. The van der Waals surface area contributed by atoms with Crippen LogP contribution in [0.5, 0.6) is 0 Å². The van der Waals surface area contributed by atoms with Gasteiger partial charge in [0.25, 0.3) is 5.91 Å².